The zero-order valence-corrected chi connectivity index (χ0v) is 8.89. The van der Waals surface area contributed by atoms with Crippen LogP contribution in [0, 0.1) is 23.3 Å². The minimum absolute atomic E-state index is 0.726. The summed E-state index contributed by atoms with van der Waals surface area (Å²) in [7, 11) is -2.78. The molecule has 0 saturated heterocycles. The van der Waals surface area contributed by atoms with Gasteiger partial charge in [0.25, 0.3) is 0 Å². The predicted molar refractivity (Wildman–Crippen MR) is 45.2 cm³/mol. The summed E-state index contributed by atoms with van der Waals surface area (Å²) in [6.07, 6.45) is 0. The Morgan fingerprint density at radius 2 is 1.41 bits per heavy atom. The second-order valence-electron chi connectivity index (χ2n) is 2.68. The molecular formula is C8H4F6O2S. The molecule has 0 amide bonds. The van der Waals surface area contributed by atoms with Crippen LogP contribution in [0.25, 0.3) is 0 Å². The molecule has 17 heavy (non-hydrogen) atoms. The van der Waals surface area contributed by atoms with Crippen molar-refractivity contribution in [2.75, 3.05) is 7.11 Å². The molecule has 1 atom stereocenters. The van der Waals surface area contributed by atoms with Gasteiger partial charge in [0, 0.05) is 0 Å². The van der Waals surface area contributed by atoms with E-state index >= 15 is 0 Å². The third-order valence-electron chi connectivity index (χ3n) is 1.75. The summed E-state index contributed by atoms with van der Waals surface area (Å²) < 4.78 is 91.1. The minimum Gasteiger partial charge on any atom is -0.491 e. The van der Waals surface area contributed by atoms with E-state index in [2.05, 4.69) is 4.74 Å². The summed E-state index contributed by atoms with van der Waals surface area (Å²) in [5.41, 5.74) is 0. The van der Waals surface area contributed by atoms with Gasteiger partial charge in [-0.3, -0.25) is 0 Å². The molecule has 0 heterocycles. The molecule has 0 spiro atoms. The Morgan fingerprint density at radius 1 is 1.00 bits per heavy atom. The quantitative estimate of drug-likeness (QED) is 0.627. The Balaban J connectivity index is 3.59. The van der Waals surface area contributed by atoms with Crippen molar-refractivity contribution in [3.8, 4) is 5.75 Å². The molecule has 0 aliphatic heterocycles. The van der Waals surface area contributed by atoms with E-state index in [0.717, 1.165) is 7.11 Å². The number of alkyl halides is 2. The summed E-state index contributed by atoms with van der Waals surface area (Å²) in [5, 5.41) is 0. The fourth-order valence-corrected chi connectivity index (χ4v) is 1.75. The second-order valence-corrected chi connectivity index (χ2v) is 4.04. The Hall–Kier alpha value is -1.25. The van der Waals surface area contributed by atoms with Crippen molar-refractivity contribution in [3.05, 3.63) is 23.3 Å². The van der Waals surface area contributed by atoms with Crippen LogP contribution in [-0.2, 0) is 10.8 Å². The third kappa shape index (κ3) is 2.24. The fraction of sp³-hybridized carbons (Fsp3) is 0.250. The van der Waals surface area contributed by atoms with Crippen LogP contribution in [-0.4, -0.2) is 17.1 Å². The molecule has 1 aromatic carbocycles. The topological polar surface area (TPSA) is 26.3 Å². The molecule has 1 rings (SSSR count). The molecule has 1 unspecified atom stereocenters. The first kappa shape index (κ1) is 13.8. The van der Waals surface area contributed by atoms with Crippen LogP contribution in [0.15, 0.2) is 4.90 Å². The van der Waals surface area contributed by atoms with Gasteiger partial charge in [0.05, 0.1) is 7.11 Å². The number of halogens is 6. The van der Waals surface area contributed by atoms with Crippen molar-refractivity contribution in [3.63, 3.8) is 0 Å². The van der Waals surface area contributed by atoms with Gasteiger partial charge in [-0.2, -0.15) is 17.6 Å². The van der Waals surface area contributed by atoms with Gasteiger partial charge in [0.1, 0.15) is 15.7 Å². The normalized spacial score (nSPS) is 12.9. The highest BCUT2D eigenvalue weighted by Crippen LogP contribution is 2.32. The van der Waals surface area contributed by atoms with E-state index in [4.69, 9.17) is 0 Å². The summed E-state index contributed by atoms with van der Waals surface area (Å²) in [6.45, 7) is 0. The van der Waals surface area contributed by atoms with E-state index in [9.17, 15) is 30.6 Å². The third-order valence-corrected chi connectivity index (χ3v) is 2.83. The fourth-order valence-electron chi connectivity index (χ4n) is 1.04. The number of hydrogen-bond acceptors (Lipinski definition) is 2. The van der Waals surface area contributed by atoms with Crippen molar-refractivity contribution in [1.29, 1.82) is 0 Å². The Bertz CT molecular complexity index is 447. The van der Waals surface area contributed by atoms with Crippen molar-refractivity contribution in [2.45, 2.75) is 10.7 Å². The van der Waals surface area contributed by atoms with Gasteiger partial charge in [-0.05, 0) is 0 Å². The lowest BCUT2D eigenvalue weighted by Gasteiger charge is -2.10. The van der Waals surface area contributed by atoms with Crippen LogP contribution >= 0.6 is 0 Å². The highest BCUT2D eigenvalue weighted by atomic mass is 32.2. The van der Waals surface area contributed by atoms with Gasteiger partial charge in [0.15, 0.2) is 17.4 Å². The number of rotatable bonds is 3. The van der Waals surface area contributed by atoms with Gasteiger partial charge in [0.2, 0.25) is 11.6 Å². The Labute approximate surface area is 93.6 Å². The number of ether oxygens (including phenoxy) is 1. The standard InChI is InChI=1S/C8H4F6O2S/c1-16-6-2(9)4(11)7(5(12)3(6)10)17(15)8(13)14/h8H,1H3. The van der Waals surface area contributed by atoms with E-state index in [1.54, 1.807) is 0 Å². The number of methoxy groups -OCH3 is 1. The van der Waals surface area contributed by atoms with Crippen LogP contribution in [0.2, 0.25) is 0 Å². The smallest absolute Gasteiger partial charge is 0.316 e. The molecular weight excluding hydrogens is 274 g/mol. The highest BCUT2D eigenvalue weighted by molar-refractivity contribution is 7.85. The SMILES string of the molecule is COc1c(F)c(F)c(S(=O)C(F)F)c(F)c1F. The first-order valence-electron chi connectivity index (χ1n) is 3.91. The summed E-state index contributed by atoms with van der Waals surface area (Å²) >= 11 is 0. The van der Waals surface area contributed by atoms with E-state index in [1.807, 2.05) is 0 Å². The van der Waals surface area contributed by atoms with E-state index in [0.29, 0.717) is 0 Å². The lowest BCUT2D eigenvalue weighted by molar-refractivity contribution is 0.242. The molecule has 0 fully saturated rings. The maximum Gasteiger partial charge on any atom is 0.316 e. The molecule has 0 N–H and O–H groups in total. The van der Waals surface area contributed by atoms with Crippen LogP contribution < -0.4 is 4.74 Å². The van der Waals surface area contributed by atoms with Crippen LogP contribution in [0.3, 0.4) is 0 Å². The maximum absolute atomic E-state index is 13.1. The summed E-state index contributed by atoms with van der Waals surface area (Å²) in [6, 6.07) is 0. The number of benzene rings is 1. The molecule has 1 aromatic rings. The van der Waals surface area contributed by atoms with Gasteiger partial charge >= 0.3 is 5.76 Å². The molecule has 96 valence electrons. The molecule has 0 saturated carbocycles. The summed E-state index contributed by atoms with van der Waals surface area (Å²) in [5.74, 6) is -13.5. The van der Waals surface area contributed by atoms with Crippen molar-refractivity contribution in [2.24, 2.45) is 0 Å². The van der Waals surface area contributed by atoms with Crippen LogP contribution in [0.1, 0.15) is 0 Å². The van der Waals surface area contributed by atoms with Gasteiger partial charge in [-0.15, -0.1) is 0 Å². The van der Waals surface area contributed by atoms with Crippen molar-refractivity contribution in [1.82, 2.24) is 0 Å². The Kier molecular flexibility index (Phi) is 4.02. The van der Waals surface area contributed by atoms with Gasteiger partial charge < -0.3 is 4.74 Å². The van der Waals surface area contributed by atoms with Crippen LogP contribution in [0.5, 0.6) is 5.75 Å². The largest absolute Gasteiger partial charge is 0.491 e. The molecule has 9 heteroatoms. The predicted octanol–water partition coefficient (Wildman–Crippen LogP) is 2.58. The molecule has 0 aliphatic carbocycles. The average molecular weight is 278 g/mol. The lowest BCUT2D eigenvalue weighted by Crippen LogP contribution is -2.12. The zero-order chi connectivity index (χ0) is 13.3. The average Bonchev–Trinajstić information content (AvgIpc) is 2.27. The summed E-state index contributed by atoms with van der Waals surface area (Å²) in [4.78, 5) is -1.85. The molecule has 0 radical (unpaired) electrons. The van der Waals surface area contributed by atoms with E-state index in [1.165, 1.54) is 0 Å². The molecule has 0 aromatic heterocycles. The first-order chi connectivity index (χ1) is 7.82. The molecule has 0 aliphatic rings. The lowest BCUT2D eigenvalue weighted by atomic mass is 10.3. The monoisotopic (exact) mass is 278 g/mol. The highest BCUT2D eigenvalue weighted by Gasteiger charge is 2.32. The van der Waals surface area contributed by atoms with Crippen LogP contribution in [0.4, 0.5) is 26.3 Å². The van der Waals surface area contributed by atoms with Gasteiger partial charge in [-0.25, -0.2) is 13.0 Å². The van der Waals surface area contributed by atoms with Gasteiger partial charge in [-0.1, -0.05) is 0 Å². The zero-order valence-electron chi connectivity index (χ0n) is 8.07. The van der Waals surface area contributed by atoms with E-state index in [-0.39, 0.29) is 0 Å². The Morgan fingerprint density at radius 3 is 1.71 bits per heavy atom. The number of hydrogen-bond donors (Lipinski definition) is 0. The second kappa shape index (κ2) is 4.94. The molecule has 2 nitrogen and oxygen atoms in total. The van der Waals surface area contributed by atoms with Crippen molar-refractivity contribution < 1.29 is 35.3 Å². The van der Waals surface area contributed by atoms with Crippen molar-refractivity contribution >= 4 is 10.8 Å². The maximum atomic E-state index is 13.1. The van der Waals surface area contributed by atoms with E-state index < -0.39 is 50.5 Å². The minimum atomic E-state index is -3.67. The first-order valence-corrected chi connectivity index (χ1v) is 5.12. The molecule has 0 bridgehead atoms.